The largest absolute Gasteiger partial charge is 0.474 e. The Hall–Kier alpha value is -1.93. The molecule has 2 heterocycles. The number of sulfonamides is 1. The lowest BCUT2D eigenvalue weighted by atomic mass is 9.94. The second kappa shape index (κ2) is 7.13. The van der Waals surface area contributed by atoms with Crippen molar-refractivity contribution in [2.45, 2.75) is 63.5 Å². The lowest BCUT2D eigenvalue weighted by molar-refractivity contribution is 0.138. The third-order valence-corrected chi connectivity index (χ3v) is 6.17. The van der Waals surface area contributed by atoms with Gasteiger partial charge in [-0.05, 0) is 52.0 Å². The Bertz CT molecular complexity index is 803. The van der Waals surface area contributed by atoms with Crippen LogP contribution in [0, 0.1) is 20.8 Å². The molecule has 0 saturated heterocycles. The molecule has 1 aliphatic carbocycles. The maximum absolute atomic E-state index is 12.6. The van der Waals surface area contributed by atoms with E-state index in [2.05, 4.69) is 14.9 Å². The summed E-state index contributed by atoms with van der Waals surface area (Å²) < 4.78 is 38.7. The highest BCUT2D eigenvalue weighted by molar-refractivity contribution is 7.89. The van der Waals surface area contributed by atoms with E-state index >= 15 is 0 Å². The van der Waals surface area contributed by atoms with Gasteiger partial charge in [-0.1, -0.05) is 11.2 Å². The first-order valence-corrected chi connectivity index (χ1v) is 9.88. The molecule has 136 valence electrons. The normalized spacial score (nSPS) is 21.2. The fraction of sp³-hybridized carbons (Fsp3) is 0.529. The average Bonchev–Trinajstić information content (AvgIpc) is 2.91. The van der Waals surface area contributed by atoms with Crippen LogP contribution >= 0.6 is 0 Å². The van der Waals surface area contributed by atoms with Crippen molar-refractivity contribution in [2.75, 3.05) is 0 Å². The van der Waals surface area contributed by atoms with Gasteiger partial charge in [0.1, 0.15) is 16.7 Å². The molecule has 0 unspecified atom stereocenters. The number of nitrogens with one attached hydrogen (secondary N) is 1. The van der Waals surface area contributed by atoms with Crippen molar-refractivity contribution in [1.29, 1.82) is 0 Å². The minimum atomic E-state index is -3.62. The van der Waals surface area contributed by atoms with Gasteiger partial charge in [-0.25, -0.2) is 18.1 Å². The predicted molar refractivity (Wildman–Crippen MR) is 91.9 cm³/mol. The number of aryl methyl sites for hydroxylation is 3. The quantitative estimate of drug-likeness (QED) is 0.875. The molecule has 0 radical (unpaired) electrons. The molecule has 1 fully saturated rings. The van der Waals surface area contributed by atoms with E-state index in [1.54, 1.807) is 20.0 Å². The summed E-state index contributed by atoms with van der Waals surface area (Å²) in [5.41, 5.74) is 1.47. The van der Waals surface area contributed by atoms with Crippen molar-refractivity contribution in [2.24, 2.45) is 0 Å². The highest BCUT2D eigenvalue weighted by Crippen LogP contribution is 2.25. The van der Waals surface area contributed by atoms with Gasteiger partial charge < -0.3 is 9.26 Å². The summed E-state index contributed by atoms with van der Waals surface area (Å²) in [4.78, 5) is 4.40. The third-order valence-electron chi connectivity index (χ3n) is 4.40. The molecule has 1 aliphatic rings. The fourth-order valence-corrected chi connectivity index (χ4v) is 4.76. The zero-order valence-corrected chi connectivity index (χ0v) is 15.5. The first-order valence-electron chi connectivity index (χ1n) is 8.39. The standard InChI is InChI=1S/C17H23N3O4S/c1-11-4-9-16(18-10-11)23-15-7-5-14(6-8-15)20-25(21,22)17-12(2)19-24-13(17)3/h4,9-10,14-15,20H,5-8H2,1-3H3. The number of nitrogens with zero attached hydrogens (tertiary/aromatic N) is 2. The minimum absolute atomic E-state index is 0.0648. The molecular weight excluding hydrogens is 342 g/mol. The van der Waals surface area contributed by atoms with E-state index in [1.165, 1.54) is 0 Å². The van der Waals surface area contributed by atoms with Gasteiger partial charge in [-0.2, -0.15) is 0 Å². The Morgan fingerprint density at radius 3 is 2.44 bits per heavy atom. The first-order chi connectivity index (χ1) is 11.8. The summed E-state index contributed by atoms with van der Waals surface area (Å²) >= 11 is 0. The maximum Gasteiger partial charge on any atom is 0.246 e. The molecule has 2 aromatic heterocycles. The molecule has 0 spiro atoms. The van der Waals surface area contributed by atoms with E-state index in [0.717, 1.165) is 31.2 Å². The average molecular weight is 365 g/mol. The number of hydrogen-bond donors (Lipinski definition) is 1. The molecule has 25 heavy (non-hydrogen) atoms. The Morgan fingerprint density at radius 2 is 1.88 bits per heavy atom. The summed E-state index contributed by atoms with van der Waals surface area (Å²) in [6.45, 7) is 5.21. The minimum Gasteiger partial charge on any atom is -0.474 e. The van der Waals surface area contributed by atoms with E-state index in [1.807, 2.05) is 19.1 Å². The molecule has 0 amide bonds. The molecule has 0 atom stereocenters. The zero-order chi connectivity index (χ0) is 18.0. The van der Waals surface area contributed by atoms with E-state index in [-0.39, 0.29) is 17.0 Å². The fourth-order valence-electron chi connectivity index (χ4n) is 3.13. The molecule has 3 rings (SSSR count). The number of ether oxygens (including phenoxy) is 1. The van der Waals surface area contributed by atoms with Crippen molar-refractivity contribution in [3.8, 4) is 5.88 Å². The van der Waals surface area contributed by atoms with Crippen LogP contribution < -0.4 is 9.46 Å². The number of aromatic nitrogens is 2. The Labute approximate surface area is 147 Å². The van der Waals surface area contributed by atoms with E-state index in [9.17, 15) is 8.42 Å². The highest BCUT2D eigenvalue weighted by atomic mass is 32.2. The van der Waals surface area contributed by atoms with Gasteiger partial charge in [0.05, 0.1) is 0 Å². The number of pyridine rings is 1. The van der Waals surface area contributed by atoms with Crippen LogP contribution in [-0.4, -0.2) is 30.7 Å². The van der Waals surface area contributed by atoms with E-state index in [4.69, 9.17) is 9.26 Å². The molecule has 1 N–H and O–H groups in total. The third kappa shape index (κ3) is 4.19. The summed E-state index contributed by atoms with van der Waals surface area (Å²) in [5.74, 6) is 0.929. The second-order valence-electron chi connectivity index (χ2n) is 6.54. The molecule has 0 aromatic carbocycles. The summed E-state index contributed by atoms with van der Waals surface area (Å²) in [7, 11) is -3.62. The summed E-state index contributed by atoms with van der Waals surface area (Å²) in [6.07, 6.45) is 4.85. The number of hydrogen-bond acceptors (Lipinski definition) is 6. The van der Waals surface area contributed by atoms with Crippen LogP contribution in [0.25, 0.3) is 0 Å². The molecule has 8 heteroatoms. The van der Waals surface area contributed by atoms with Gasteiger partial charge in [0, 0.05) is 18.3 Å². The van der Waals surface area contributed by atoms with Crippen LogP contribution in [0.15, 0.2) is 27.7 Å². The summed E-state index contributed by atoms with van der Waals surface area (Å²) in [6, 6.07) is 3.72. The van der Waals surface area contributed by atoms with Crippen molar-refractivity contribution in [3.05, 3.63) is 35.3 Å². The van der Waals surface area contributed by atoms with Gasteiger partial charge in [0.25, 0.3) is 0 Å². The first kappa shape index (κ1) is 17.9. The Morgan fingerprint density at radius 1 is 1.16 bits per heavy atom. The van der Waals surface area contributed by atoms with E-state index in [0.29, 0.717) is 17.3 Å². The van der Waals surface area contributed by atoms with Crippen LogP contribution in [0.1, 0.15) is 42.7 Å². The monoisotopic (exact) mass is 365 g/mol. The van der Waals surface area contributed by atoms with Gasteiger partial charge in [-0.15, -0.1) is 0 Å². The highest BCUT2D eigenvalue weighted by Gasteiger charge is 2.30. The van der Waals surface area contributed by atoms with Crippen molar-refractivity contribution < 1.29 is 17.7 Å². The van der Waals surface area contributed by atoms with Crippen molar-refractivity contribution in [3.63, 3.8) is 0 Å². The summed E-state index contributed by atoms with van der Waals surface area (Å²) in [5, 5.41) is 3.72. The van der Waals surface area contributed by atoms with Crippen molar-refractivity contribution >= 4 is 10.0 Å². The Kier molecular flexibility index (Phi) is 5.10. The molecule has 0 aliphatic heterocycles. The second-order valence-corrected chi connectivity index (χ2v) is 8.19. The van der Waals surface area contributed by atoms with Crippen LogP contribution in [0.4, 0.5) is 0 Å². The zero-order valence-electron chi connectivity index (χ0n) is 14.7. The van der Waals surface area contributed by atoms with Crippen LogP contribution in [0.2, 0.25) is 0 Å². The van der Waals surface area contributed by atoms with Gasteiger partial charge >= 0.3 is 0 Å². The van der Waals surface area contributed by atoms with Gasteiger partial charge in [0.2, 0.25) is 15.9 Å². The SMILES string of the molecule is Cc1ccc(OC2CCC(NS(=O)(=O)c3c(C)noc3C)CC2)nc1. The van der Waals surface area contributed by atoms with E-state index < -0.39 is 10.0 Å². The molecule has 7 nitrogen and oxygen atoms in total. The van der Waals surface area contributed by atoms with Crippen LogP contribution in [0.3, 0.4) is 0 Å². The number of rotatable bonds is 5. The predicted octanol–water partition coefficient (Wildman–Crippen LogP) is 2.66. The maximum atomic E-state index is 12.6. The van der Waals surface area contributed by atoms with Gasteiger partial charge in [-0.3, -0.25) is 0 Å². The lowest BCUT2D eigenvalue weighted by Crippen LogP contribution is -2.40. The molecule has 1 saturated carbocycles. The van der Waals surface area contributed by atoms with Crippen molar-refractivity contribution in [1.82, 2.24) is 14.9 Å². The van der Waals surface area contributed by atoms with Crippen LogP contribution in [0.5, 0.6) is 5.88 Å². The van der Waals surface area contributed by atoms with Crippen LogP contribution in [-0.2, 0) is 10.0 Å². The molecule has 0 bridgehead atoms. The molecule has 2 aromatic rings. The topological polar surface area (TPSA) is 94.3 Å². The lowest BCUT2D eigenvalue weighted by Gasteiger charge is -2.29. The Balaban J connectivity index is 1.56. The van der Waals surface area contributed by atoms with Gasteiger partial charge in [0.15, 0.2) is 5.76 Å². The molecular formula is C17H23N3O4S. The smallest absolute Gasteiger partial charge is 0.246 e.